The van der Waals surface area contributed by atoms with Gasteiger partial charge in [0.15, 0.2) is 17.7 Å². The van der Waals surface area contributed by atoms with Crippen molar-refractivity contribution in [2.75, 3.05) is 12.0 Å². The highest BCUT2D eigenvalue weighted by molar-refractivity contribution is 5.98. The second-order valence-electron chi connectivity index (χ2n) is 6.01. The van der Waals surface area contributed by atoms with Gasteiger partial charge < -0.3 is 24.8 Å². The van der Waals surface area contributed by atoms with Crippen molar-refractivity contribution in [3.05, 3.63) is 12.0 Å². The highest BCUT2D eigenvalue weighted by atomic mass is 16.8. The van der Waals surface area contributed by atoms with E-state index in [1.165, 1.54) is 0 Å². The number of nitrogens with zero attached hydrogens (tertiary/aromatic N) is 2. The Morgan fingerprint density at radius 1 is 1.33 bits per heavy atom. The number of imidazole rings is 1. The van der Waals surface area contributed by atoms with Crippen LogP contribution in [0.5, 0.6) is 0 Å². The summed E-state index contributed by atoms with van der Waals surface area (Å²) >= 11 is 0. The number of anilines is 1. The van der Waals surface area contributed by atoms with Crippen LogP contribution in [0.15, 0.2) is 6.33 Å². The lowest BCUT2D eigenvalue weighted by atomic mass is 10.1. The van der Waals surface area contributed by atoms with Crippen molar-refractivity contribution in [3.8, 4) is 0 Å². The summed E-state index contributed by atoms with van der Waals surface area (Å²) in [5.74, 6) is -0.157. The maximum absolute atomic E-state index is 11.8. The van der Waals surface area contributed by atoms with Crippen LogP contribution >= 0.6 is 0 Å². The van der Waals surface area contributed by atoms with Gasteiger partial charge in [-0.05, 0) is 20.8 Å². The summed E-state index contributed by atoms with van der Waals surface area (Å²) in [5.41, 5.74) is 0.374. The van der Waals surface area contributed by atoms with Crippen LogP contribution < -0.4 is 10.6 Å². The zero-order valence-electron chi connectivity index (χ0n) is 12.1. The van der Waals surface area contributed by atoms with E-state index in [-0.39, 0.29) is 30.4 Å². The third-order valence-electron chi connectivity index (χ3n) is 4.05. The molecule has 0 bridgehead atoms. The second-order valence-corrected chi connectivity index (χ2v) is 6.01. The fourth-order valence-corrected chi connectivity index (χ4v) is 3.19. The molecular formula is C13H18N4O4. The summed E-state index contributed by atoms with van der Waals surface area (Å²) in [5, 5.41) is 5.81. The molecule has 2 N–H and O–H groups in total. The van der Waals surface area contributed by atoms with E-state index in [2.05, 4.69) is 15.6 Å². The molecule has 3 aliphatic rings. The molecule has 3 aliphatic heterocycles. The first-order valence-electron chi connectivity index (χ1n) is 7.06. The SMILES string of the molecule is C[C@H]1O[C@@H](n2cnc3c2NCNC3=O)[C@@H]2OC(C)(C)O[C@@H]21. The maximum Gasteiger partial charge on any atom is 0.275 e. The Hall–Kier alpha value is -1.64. The molecule has 0 unspecified atom stereocenters. The predicted molar refractivity (Wildman–Crippen MR) is 71.6 cm³/mol. The van der Waals surface area contributed by atoms with Crippen LogP contribution in [0.4, 0.5) is 5.82 Å². The quantitative estimate of drug-likeness (QED) is 0.781. The number of aromatic nitrogens is 2. The summed E-state index contributed by atoms with van der Waals surface area (Å²) in [6.07, 6.45) is 0.816. The third-order valence-corrected chi connectivity index (χ3v) is 4.05. The van der Waals surface area contributed by atoms with Crippen molar-refractivity contribution in [3.63, 3.8) is 0 Å². The molecule has 4 atom stereocenters. The van der Waals surface area contributed by atoms with Gasteiger partial charge in [0.2, 0.25) is 0 Å². The van der Waals surface area contributed by atoms with E-state index in [1.54, 1.807) is 6.33 Å². The molecule has 0 saturated carbocycles. The molecule has 114 valence electrons. The van der Waals surface area contributed by atoms with Gasteiger partial charge in [-0.3, -0.25) is 9.36 Å². The van der Waals surface area contributed by atoms with Crippen LogP contribution in [0, 0.1) is 0 Å². The molecule has 1 aromatic rings. The van der Waals surface area contributed by atoms with Gasteiger partial charge in [-0.15, -0.1) is 0 Å². The van der Waals surface area contributed by atoms with Gasteiger partial charge >= 0.3 is 0 Å². The van der Waals surface area contributed by atoms with E-state index in [0.717, 1.165) is 0 Å². The lowest BCUT2D eigenvalue weighted by molar-refractivity contribution is -0.194. The molecule has 2 saturated heterocycles. The van der Waals surface area contributed by atoms with E-state index >= 15 is 0 Å². The van der Waals surface area contributed by atoms with Gasteiger partial charge in [0.25, 0.3) is 5.91 Å². The van der Waals surface area contributed by atoms with Gasteiger partial charge in [0.1, 0.15) is 18.0 Å². The van der Waals surface area contributed by atoms with Gasteiger partial charge in [-0.2, -0.15) is 0 Å². The van der Waals surface area contributed by atoms with Crippen molar-refractivity contribution < 1.29 is 19.0 Å². The maximum atomic E-state index is 11.8. The predicted octanol–water partition coefficient (Wildman–Crippen LogP) is 0.433. The number of hydrogen-bond acceptors (Lipinski definition) is 6. The molecule has 4 heterocycles. The molecule has 0 radical (unpaired) electrons. The van der Waals surface area contributed by atoms with E-state index in [1.807, 2.05) is 25.3 Å². The molecule has 8 heteroatoms. The number of hydrogen-bond donors (Lipinski definition) is 2. The topological polar surface area (TPSA) is 86.6 Å². The highest BCUT2D eigenvalue weighted by Crippen LogP contribution is 2.44. The molecule has 4 rings (SSSR count). The molecule has 2 fully saturated rings. The van der Waals surface area contributed by atoms with Crippen molar-refractivity contribution in [2.45, 2.75) is 51.1 Å². The summed E-state index contributed by atoms with van der Waals surface area (Å²) in [6.45, 7) is 6.12. The molecular weight excluding hydrogens is 276 g/mol. The fraction of sp³-hybridized carbons (Fsp3) is 0.692. The van der Waals surface area contributed by atoms with Crippen LogP contribution in [0.25, 0.3) is 0 Å². The molecule has 8 nitrogen and oxygen atoms in total. The summed E-state index contributed by atoms with van der Waals surface area (Å²) in [6, 6.07) is 0. The highest BCUT2D eigenvalue weighted by Gasteiger charge is 2.55. The Morgan fingerprint density at radius 2 is 2.10 bits per heavy atom. The standard InChI is InChI=1S/C13H18N4O4/c1-6-8-9(21-13(2,3)20-8)12(19-6)17-5-16-7-10(17)14-4-15-11(7)18/h5-6,8-9,12,14H,4H2,1-3H3,(H,15,18)/t6-,8-,9-,12-/m1/s1. The monoisotopic (exact) mass is 294 g/mol. The number of ether oxygens (including phenoxy) is 3. The minimum atomic E-state index is -0.628. The Balaban J connectivity index is 1.70. The smallest absolute Gasteiger partial charge is 0.275 e. The molecule has 0 spiro atoms. The van der Waals surface area contributed by atoms with E-state index in [9.17, 15) is 4.79 Å². The zero-order valence-corrected chi connectivity index (χ0v) is 12.1. The van der Waals surface area contributed by atoms with Gasteiger partial charge in [-0.25, -0.2) is 4.98 Å². The first kappa shape index (κ1) is 13.1. The Kier molecular flexibility index (Phi) is 2.60. The summed E-state index contributed by atoms with van der Waals surface area (Å²) < 4.78 is 19.7. The van der Waals surface area contributed by atoms with Gasteiger partial charge in [0.05, 0.1) is 19.1 Å². The molecule has 1 amide bonds. The summed E-state index contributed by atoms with van der Waals surface area (Å²) in [7, 11) is 0. The zero-order chi connectivity index (χ0) is 14.8. The number of rotatable bonds is 1. The minimum absolute atomic E-state index is 0.0859. The number of amides is 1. The molecule has 0 aliphatic carbocycles. The normalized spacial score (nSPS) is 36.8. The molecule has 0 aromatic carbocycles. The van der Waals surface area contributed by atoms with Gasteiger partial charge in [-0.1, -0.05) is 0 Å². The van der Waals surface area contributed by atoms with Crippen molar-refractivity contribution in [1.82, 2.24) is 14.9 Å². The van der Waals surface area contributed by atoms with Crippen LogP contribution in [-0.4, -0.2) is 46.2 Å². The third kappa shape index (κ3) is 1.86. The largest absolute Gasteiger partial charge is 0.352 e. The lowest BCUT2D eigenvalue weighted by Crippen LogP contribution is -2.36. The van der Waals surface area contributed by atoms with E-state index in [0.29, 0.717) is 18.2 Å². The van der Waals surface area contributed by atoms with Crippen molar-refractivity contribution in [2.24, 2.45) is 0 Å². The van der Waals surface area contributed by atoms with Crippen LogP contribution in [0.3, 0.4) is 0 Å². The minimum Gasteiger partial charge on any atom is -0.352 e. The Bertz CT molecular complexity index is 599. The van der Waals surface area contributed by atoms with E-state index < -0.39 is 5.79 Å². The van der Waals surface area contributed by atoms with Gasteiger partial charge in [0, 0.05) is 0 Å². The summed E-state index contributed by atoms with van der Waals surface area (Å²) in [4.78, 5) is 16.0. The van der Waals surface area contributed by atoms with E-state index in [4.69, 9.17) is 14.2 Å². The second kappa shape index (κ2) is 4.19. The van der Waals surface area contributed by atoms with Crippen LogP contribution in [0.2, 0.25) is 0 Å². The lowest BCUT2D eigenvalue weighted by Gasteiger charge is -2.25. The number of nitrogens with one attached hydrogen (secondary N) is 2. The average Bonchev–Trinajstić information content (AvgIpc) is 3.04. The number of carbonyl (C=O) groups excluding carboxylic acids is 1. The first-order valence-corrected chi connectivity index (χ1v) is 7.06. The number of carbonyl (C=O) groups is 1. The average molecular weight is 294 g/mol. The molecule has 21 heavy (non-hydrogen) atoms. The Morgan fingerprint density at radius 3 is 2.90 bits per heavy atom. The number of fused-ring (bicyclic) bond motifs is 2. The fourth-order valence-electron chi connectivity index (χ4n) is 3.19. The van der Waals surface area contributed by atoms with Crippen molar-refractivity contribution >= 4 is 11.7 Å². The Labute approximate surface area is 121 Å². The molecule has 1 aromatic heterocycles. The van der Waals surface area contributed by atoms with Crippen LogP contribution in [0.1, 0.15) is 37.5 Å². The van der Waals surface area contributed by atoms with Crippen molar-refractivity contribution in [1.29, 1.82) is 0 Å². The van der Waals surface area contributed by atoms with Crippen LogP contribution in [-0.2, 0) is 14.2 Å². The first-order chi connectivity index (χ1) is 9.96.